The van der Waals surface area contributed by atoms with E-state index in [1.807, 2.05) is 13.0 Å². The first-order valence-corrected chi connectivity index (χ1v) is 7.40. The van der Waals surface area contributed by atoms with Crippen molar-refractivity contribution in [3.63, 3.8) is 0 Å². The number of aromatic nitrogens is 1. The zero-order chi connectivity index (χ0) is 14.7. The number of pyridine rings is 1. The minimum Gasteiger partial charge on any atom is -0.370 e. The normalized spacial score (nSPS) is 12.8. The molecule has 2 N–H and O–H groups in total. The second-order valence-corrected chi connectivity index (χ2v) is 5.22. The number of hydrogen-bond acceptors (Lipinski definition) is 3. The molecular formula is C17H19N3O. The first-order valence-electron chi connectivity index (χ1n) is 7.40. The molecule has 0 saturated carbocycles. The molecular weight excluding hydrogens is 262 g/mol. The standard InChI is InChI=1S/C17H19N3O/c1-2-18-16-15(7-4-10-19-16)17(21)20-14-9-8-12-5-3-6-13(12)11-14/h4,7-11H,2-3,5-6H2,1H3,(H,18,19)(H,20,21). The molecule has 1 aromatic heterocycles. The Labute approximate surface area is 124 Å². The number of rotatable bonds is 4. The van der Waals surface area contributed by atoms with Gasteiger partial charge in [-0.3, -0.25) is 4.79 Å². The molecule has 0 aliphatic heterocycles. The van der Waals surface area contributed by atoms with E-state index >= 15 is 0 Å². The lowest BCUT2D eigenvalue weighted by atomic mass is 10.1. The van der Waals surface area contributed by atoms with Gasteiger partial charge < -0.3 is 10.6 Å². The van der Waals surface area contributed by atoms with Crippen LogP contribution < -0.4 is 10.6 Å². The number of hydrogen-bond donors (Lipinski definition) is 2. The smallest absolute Gasteiger partial charge is 0.259 e. The molecule has 4 heteroatoms. The fraction of sp³-hybridized carbons (Fsp3) is 0.294. The van der Waals surface area contributed by atoms with Gasteiger partial charge in [-0.1, -0.05) is 6.07 Å². The van der Waals surface area contributed by atoms with Gasteiger partial charge in [-0.05, 0) is 61.6 Å². The van der Waals surface area contributed by atoms with E-state index in [9.17, 15) is 4.79 Å². The van der Waals surface area contributed by atoms with Crippen LogP contribution in [-0.2, 0) is 12.8 Å². The average Bonchev–Trinajstić information content (AvgIpc) is 2.95. The van der Waals surface area contributed by atoms with E-state index in [-0.39, 0.29) is 5.91 Å². The van der Waals surface area contributed by atoms with Crippen LogP contribution in [0, 0.1) is 0 Å². The molecule has 1 aromatic carbocycles. The van der Waals surface area contributed by atoms with E-state index < -0.39 is 0 Å². The molecule has 0 fully saturated rings. The third kappa shape index (κ3) is 2.89. The van der Waals surface area contributed by atoms with Gasteiger partial charge in [0.15, 0.2) is 0 Å². The summed E-state index contributed by atoms with van der Waals surface area (Å²) in [4.78, 5) is 16.6. The van der Waals surface area contributed by atoms with Crippen LogP contribution in [0.5, 0.6) is 0 Å². The van der Waals surface area contributed by atoms with Crippen LogP contribution in [0.2, 0.25) is 0 Å². The van der Waals surface area contributed by atoms with Crippen molar-refractivity contribution in [1.29, 1.82) is 0 Å². The number of carbonyl (C=O) groups excluding carboxylic acids is 1. The second-order valence-electron chi connectivity index (χ2n) is 5.22. The monoisotopic (exact) mass is 281 g/mol. The Morgan fingerprint density at radius 3 is 2.95 bits per heavy atom. The SMILES string of the molecule is CCNc1ncccc1C(=O)Nc1ccc2c(c1)CCC2. The number of anilines is 2. The Hall–Kier alpha value is -2.36. The summed E-state index contributed by atoms with van der Waals surface area (Å²) >= 11 is 0. The van der Waals surface area contributed by atoms with Crippen molar-refractivity contribution in [2.75, 3.05) is 17.2 Å². The molecule has 1 heterocycles. The van der Waals surface area contributed by atoms with Gasteiger partial charge in [0.25, 0.3) is 5.91 Å². The van der Waals surface area contributed by atoms with Crippen LogP contribution in [-0.4, -0.2) is 17.4 Å². The molecule has 3 rings (SSSR count). The fourth-order valence-corrected chi connectivity index (χ4v) is 2.74. The third-order valence-corrected chi connectivity index (χ3v) is 3.75. The lowest BCUT2D eigenvalue weighted by molar-refractivity contribution is 0.102. The van der Waals surface area contributed by atoms with E-state index in [1.54, 1.807) is 18.3 Å². The van der Waals surface area contributed by atoms with Crippen LogP contribution in [0.3, 0.4) is 0 Å². The summed E-state index contributed by atoms with van der Waals surface area (Å²) in [6.07, 6.45) is 5.15. The molecule has 1 aliphatic rings. The molecule has 1 amide bonds. The highest BCUT2D eigenvalue weighted by Crippen LogP contribution is 2.25. The topological polar surface area (TPSA) is 54.0 Å². The largest absolute Gasteiger partial charge is 0.370 e. The lowest BCUT2D eigenvalue weighted by Crippen LogP contribution is -2.15. The maximum Gasteiger partial charge on any atom is 0.259 e. The zero-order valence-corrected chi connectivity index (χ0v) is 12.1. The van der Waals surface area contributed by atoms with Gasteiger partial charge >= 0.3 is 0 Å². The lowest BCUT2D eigenvalue weighted by Gasteiger charge is -2.11. The minimum atomic E-state index is -0.128. The Morgan fingerprint density at radius 2 is 2.10 bits per heavy atom. The van der Waals surface area contributed by atoms with Crippen LogP contribution in [0.15, 0.2) is 36.5 Å². The van der Waals surface area contributed by atoms with Gasteiger partial charge in [-0.15, -0.1) is 0 Å². The number of amides is 1. The highest BCUT2D eigenvalue weighted by molar-refractivity contribution is 6.07. The van der Waals surface area contributed by atoms with Crippen LogP contribution in [0.1, 0.15) is 34.8 Å². The van der Waals surface area contributed by atoms with Crippen molar-refractivity contribution in [2.24, 2.45) is 0 Å². The molecule has 0 atom stereocenters. The average molecular weight is 281 g/mol. The summed E-state index contributed by atoms with van der Waals surface area (Å²) in [5.74, 6) is 0.496. The highest BCUT2D eigenvalue weighted by Gasteiger charge is 2.14. The zero-order valence-electron chi connectivity index (χ0n) is 12.1. The van der Waals surface area contributed by atoms with Gasteiger partial charge in [0.05, 0.1) is 5.56 Å². The number of benzene rings is 1. The van der Waals surface area contributed by atoms with E-state index in [4.69, 9.17) is 0 Å². The maximum absolute atomic E-state index is 12.4. The van der Waals surface area contributed by atoms with Crippen LogP contribution >= 0.6 is 0 Å². The number of fused-ring (bicyclic) bond motifs is 1. The summed E-state index contributed by atoms with van der Waals surface area (Å²) in [6.45, 7) is 2.72. The number of nitrogens with zero attached hydrogens (tertiary/aromatic N) is 1. The number of carbonyl (C=O) groups is 1. The summed E-state index contributed by atoms with van der Waals surface area (Å²) in [6, 6.07) is 9.74. The number of nitrogens with one attached hydrogen (secondary N) is 2. The van der Waals surface area contributed by atoms with E-state index in [1.165, 1.54) is 17.5 Å². The molecule has 1 aliphatic carbocycles. The molecule has 0 bridgehead atoms. The van der Waals surface area contributed by atoms with Crippen molar-refractivity contribution in [1.82, 2.24) is 4.98 Å². The van der Waals surface area contributed by atoms with Gasteiger partial charge in [0.1, 0.15) is 5.82 Å². The fourth-order valence-electron chi connectivity index (χ4n) is 2.74. The molecule has 2 aromatic rings. The van der Waals surface area contributed by atoms with E-state index in [0.29, 0.717) is 11.4 Å². The minimum absolute atomic E-state index is 0.128. The summed E-state index contributed by atoms with van der Waals surface area (Å²) in [7, 11) is 0. The molecule has 108 valence electrons. The van der Waals surface area contributed by atoms with Gasteiger partial charge in [0, 0.05) is 18.4 Å². The predicted octanol–water partition coefficient (Wildman–Crippen LogP) is 3.25. The molecule has 21 heavy (non-hydrogen) atoms. The predicted molar refractivity (Wildman–Crippen MR) is 84.8 cm³/mol. The van der Waals surface area contributed by atoms with E-state index in [0.717, 1.165) is 25.1 Å². The summed E-state index contributed by atoms with van der Waals surface area (Å²) < 4.78 is 0. The Kier molecular flexibility index (Phi) is 3.86. The highest BCUT2D eigenvalue weighted by atomic mass is 16.1. The maximum atomic E-state index is 12.4. The first-order chi connectivity index (χ1) is 10.3. The summed E-state index contributed by atoms with van der Waals surface area (Å²) in [5, 5.41) is 6.08. The molecule has 0 saturated heterocycles. The van der Waals surface area contributed by atoms with Gasteiger partial charge in [0.2, 0.25) is 0 Å². The Bertz CT molecular complexity index is 667. The van der Waals surface area contributed by atoms with Crippen molar-refractivity contribution in [3.05, 3.63) is 53.2 Å². The van der Waals surface area contributed by atoms with Gasteiger partial charge in [-0.2, -0.15) is 0 Å². The van der Waals surface area contributed by atoms with Crippen LogP contribution in [0.4, 0.5) is 11.5 Å². The van der Waals surface area contributed by atoms with Crippen molar-refractivity contribution in [2.45, 2.75) is 26.2 Å². The first kappa shape index (κ1) is 13.6. The van der Waals surface area contributed by atoms with Gasteiger partial charge in [-0.25, -0.2) is 4.98 Å². The molecule has 0 radical (unpaired) electrons. The molecule has 0 spiro atoms. The number of aryl methyl sites for hydroxylation is 2. The quantitative estimate of drug-likeness (QED) is 0.904. The third-order valence-electron chi connectivity index (χ3n) is 3.75. The second kappa shape index (κ2) is 5.95. The van der Waals surface area contributed by atoms with Crippen molar-refractivity contribution < 1.29 is 4.79 Å². The van der Waals surface area contributed by atoms with E-state index in [2.05, 4.69) is 27.8 Å². The molecule has 4 nitrogen and oxygen atoms in total. The van der Waals surface area contributed by atoms with Crippen molar-refractivity contribution >= 4 is 17.4 Å². The Morgan fingerprint density at radius 1 is 1.24 bits per heavy atom. The van der Waals surface area contributed by atoms with Crippen molar-refractivity contribution in [3.8, 4) is 0 Å². The molecule has 0 unspecified atom stereocenters. The summed E-state index contributed by atoms with van der Waals surface area (Å²) in [5.41, 5.74) is 4.18. The Balaban J connectivity index is 1.80. The van der Waals surface area contributed by atoms with Crippen LogP contribution in [0.25, 0.3) is 0 Å².